The van der Waals surface area contributed by atoms with Gasteiger partial charge in [-0.25, -0.2) is 4.79 Å². The van der Waals surface area contributed by atoms with Crippen LogP contribution in [-0.4, -0.2) is 18.5 Å². The van der Waals surface area contributed by atoms with Gasteiger partial charge in [-0.3, -0.25) is 4.79 Å². The Morgan fingerprint density at radius 1 is 1.20 bits per heavy atom. The molecule has 2 aromatic carbocycles. The van der Waals surface area contributed by atoms with Gasteiger partial charge in [0.1, 0.15) is 4.88 Å². The summed E-state index contributed by atoms with van der Waals surface area (Å²) in [6, 6.07) is 15.7. The Bertz CT molecular complexity index is 1000. The highest BCUT2D eigenvalue weighted by Crippen LogP contribution is 2.29. The maximum Gasteiger partial charge on any atom is 0.348 e. The van der Waals surface area contributed by atoms with E-state index in [1.54, 1.807) is 43.3 Å². The lowest BCUT2D eigenvalue weighted by atomic mass is 10.1. The zero-order chi connectivity index (χ0) is 17.8. The van der Waals surface area contributed by atoms with E-state index in [1.165, 1.54) is 17.4 Å². The highest BCUT2D eigenvalue weighted by Gasteiger charge is 2.12. The number of hydrogen-bond donors (Lipinski definition) is 1. The number of thiophene rings is 1. The highest BCUT2D eigenvalue weighted by molar-refractivity contribution is 7.20. The molecule has 1 heterocycles. The van der Waals surface area contributed by atoms with E-state index in [9.17, 15) is 9.59 Å². The van der Waals surface area contributed by atoms with E-state index in [4.69, 9.17) is 10.00 Å². The Morgan fingerprint density at radius 2 is 2.04 bits per heavy atom. The molecule has 0 aliphatic carbocycles. The van der Waals surface area contributed by atoms with Gasteiger partial charge in [0.2, 0.25) is 0 Å². The number of anilines is 1. The minimum absolute atomic E-state index is 0.294. The van der Waals surface area contributed by atoms with Gasteiger partial charge in [-0.15, -0.1) is 11.3 Å². The van der Waals surface area contributed by atoms with E-state index in [2.05, 4.69) is 5.32 Å². The predicted octanol–water partition coefficient (Wildman–Crippen LogP) is 4.20. The van der Waals surface area contributed by atoms with E-state index in [1.807, 2.05) is 12.1 Å². The third-order valence-electron chi connectivity index (χ3n) is 3.50. The summed E-state index contributed by atoms with van der Waals surface area (Å²) in [7, 11) is 0. The molecule has 0 radical (unpaired) electrons. The predicted molar refractivity (Wildman–Crippen MR) is 96.9 cm³/mol. The number of nitrogens with zero attached hydrogens (tertiary/aromatic N) is 1. The number of nitriles is 1. The molecule has 0 aliphatic heterocycles. The molecule has 0 spiro atoms. The number of carbonyl (C=O) groups is 2. The van der Waals surface area contributed by atoms with Crippen molar-refractivity contribution in [2.24, 2.45) is 0 Å². The number of hydrogen-bond acceptors (Lipinski definition) is 5. The number of rotatable bonds is 4. The second-order valence-electron chi connectivity index (χ2n) is 5.23. The topological polar surface area (TPSA) is 79.2 Å². The van der Waals surface area contributed by atoms with Crippen molar-refractivity contribution in [3.05, 3.63) is 64.5 Å². The van der Waals surface area contributed by atoms with Gasteiger partial charge in [0.05, 0.1) is 18.2 Å². The first-order valence-corrected chi connectivity index (χ1v) is 8.44. The summed E-state index contributed by atoms with van der Waals surface area (Å²) in [5.41, 5.74) is 1.46. The van der Waals surface area contributed by atoms with E-state index >= 15 is 0 Å². The smallest absolute Gasteiger partial charge is 0.348 e. The number of amides is 1. The molecule has 0 aliphatic rings. The van der Waals surface area contributed by atoms with Crippen LogP contribution in [0.3, 0.4) is 0 Å². The van der Waals surface area contributed by atoms with Gasteiger partial charge < -0.3 is 10.1 Å². The molecule has 0 fully saturated rings. The van der Waals surface area contributed by atoms with E-state index in [0.717, 1.165) is 10.1 Å². The van der Waals surface area contributed by atoms with Gasteiger partial charge in [-0.1, -0.05) is 6.07 Å². The van der Waals surface area contributed by atoms with Crippen LogP contribution in [0.1, 0.15) is 32.5 Å². The second kappa shape index (κ2) is 7.16. The minimum atomic E-state index is -0.345. The summed E-state index contributed by atoms with van der Waals surface area (Å²) in [6.45, 7) is 2.09. The van der Waals surface area contributed by atoms with Crippen molar-refractivity contribution < 1.29 is 14.3 Å². The lowest BCUT2D eigenvalue weighted by Crippen LogP contribution is -2.11. The minimum Gasteiger partial charge on any atom is -0.462 e. The number of benzene rings is 2. The third-order valence-corrected chi connectivity index (χ3v) is 4.60. The summed E-state index contributed by atoms with van der Waals surface area (Å²) in [5.74, 6) is -0.639. The Kier molecular flexibility index (Phi) is 4.78. The molecule has 0 atom stereocenters. The monoisotopic (exact) mass is 350 g/mol. The Labute approximate surface area is 148 Å². The van der Waals surface area contributed by atoms with Crippen molar-refractivity contribution in [3.8, 4) is 6.07 Å². The van der Waals surface area contributed by atoms with Crippen molar-refractivity contribution in [2.45, 2.75) is 6.92 Å². The first kappa shape index (κ1) is 16.7. The number of ether oxygens (including phenoxy) is 1. The van der Waals surface area contributed by atoms with Crippen molar-refractivity contribution >= 4 is 39.0 Å². The molecule has 1 aromatic heterocycles. The maximum atomic E-state index is 12.3. The SMILES string of the molecule is CCOC(=O)c1cc2cc(NC(=O)c3cccc(C#N)c3)ccc2s1. The molecule has 124 valence electrons. The van der Waals surface area contributed by atoms with Crippen molar-refractivity contribution in [1.29, 1.82) is 5.26 Å². The Hall–Kier alpha value is -3.17. The molecule has 1 amide bonds. The molecular weight excluding hydrogens is 336 g/mol. The Balaban J connectivity index is 1.83. The van der Waals surface area contributed by atoms with Crippen molar-refractivity contribution in [3.63, 3.8) is 0 Å². The van der Waals surface area contributed by atoms with Crippen LogP contribution >= 0.6 is 11.3 Å². The second-order valence-corrected chi connectivity index (χ2v) is 6.31. The van der Waals surface area contributed by atoms with Crippen molar-refractivity contribution in [2.75, 3.05) is 11.9 Å². The summed E-state index contributed by atoms with van der Waals surface area (Å²) >= 11 is 1.35. The molecule has 0 bridgehead atoms. The molecule has 0 unspecified atom stereocenters. The van der Waals surface area contributed by atoms with Gasteiger partial charge >= 0.3 is 5.97 Å². The average molecular weight is 350 g/mol. The highest BCUT2D eigenvalue weighted by atomic mass is 32.1. The van der Waals surface area contributed by atoms with Crippen LogP contribution in [-0.2, 0) is 4.74 Å². The molecule has 3 aromatic rings. The zero-order valence-electron chi connectivity index (χ0n) is 13.4. The molecule has 3 rings (SSSR count). The number of carbonyl (C=O) groups excluding carboxylic acids is 2. The fourth-order valence-corrected chi connectivity index (χ4v) is 3.29. The van der Waals surface area contributed by atoms with E-state index < -0.39 is 0 Å². The Morgan fingerprint density at radius 3 is 2.80 bits per heavy atom. The van der Waals surface area contributed by atoms with Crippen LogP contribution in [0.2, 0.25) is 0 Å². The first-order valence-electron chi connectivity index (χ1n) is 7.63. The summed E-state index contributed by atoms with van der Waals surface area (Å²) in [5, 5.41) is 12.6. The first-order chi connectivity index (χ1) is 12.1. The lowest BCUT2D eigenvalue weighted by Gasteiger charge is -2.05. The third kappa shape index (κ3) is 3.67. The zero-order valence-corrected chi connectivity index (χ0v) is 14.2. The molecule has 0 saturated heterocycles. The standard InChI is InChI=1S/C19H14N2O3S/c1-2-24-19(23)17-10-14-9-15(6-7-16(14)25-17)21-18(22)13-5-3-4-12(8-13)11-20/h3-10H,2H2,1H3,(H,21,22). The molecule has 1 N–H and O–H groups in total. The molecule has 0 saturated carbocycles. The van der Waals surface area contributed by atoms with Crippen LogP contribution in [0.15, 0.2) is 48.5 Å². The number of esters is 1. The molecule has 6 heteroatoms. The number of nitrogens with one attached hydrogen (secondary N) is 1. The molecule has 5 nitrogen and oxygen atoms in total. The normalized spacial score (nSPS) is 10.2. The van der Waals surface area contributed by atoms with Crippen LogP contribution in [0.25, 0.3) is 10.1 Å². The van der Waals surface area contributed by atoms with Gasteiger partial charge in [0.15, 0.2) is 0 Å². The lowest BCUT2D eigenvalue weighted by molar-refractivity contribution is 0.0532. The quantitative estimate of drug-likeness (QED) is 0.715. The number of fused-ring (bicyclic) bond motifs is 1. The fraction of sp³-hybridized carbons (Fsp3) is 0.105. The fourth-order valence-electron chi connectivity index (χ4n) is 2.36. The van der Waals surface area contributed by atoms with Crippen LogP contribution < -0.4 is 5.32 Å². The van der Waals surface area contributed by atoms with Gasteiger partial charge in [-0.05, 0) is 54.8 Å². The summed E-state index contributed by atoms with van der Waals surface area (Å²) < 4.78 is 5.94. The summed E-state index contributed by atoms with van der Waals surface area (Å²) in [6.07, 6.45) is 0. The van der Waals surface area contributed by atoms with Gasteiger partial charge in [0.25, 0.3) is 5.91 Å². The van der Waals surface area contributed by atoms with Crippen LogP contribution in [0.5, 0.6) is 0 Å². The largest absolute Gasteiger partial charge is 0.462 e. The van der Waals surface area contributed by atoms with Crippen LogP contribution in [0, 0.1) is 11.3 Å². The van der Waals surface area contributed by atoms with E-state index in [-0.39, 0.29) is 11.9 Å². The van der Waals surface area contributed by atoms with Crippen LogP contribution in [0.4, 0.5) is 5.69 Å². The van der Waals surface area contributed by atoms with Crippen molar-refractivity contribution in [1.82, 2.24) is 0 Å². The van der Waals surface area contributed by atoms with Gasteiger partial charge in [0, 0.05) is 16.0 Å². The maximum absolute atomic E-state index is 12.3. The molecule has 25 heavy (non-hydrogen) atoms. The van der Waals surface area contributed by atoms with E-state index in [0.29, 0.717) is 28.3 Å². The average Bonchev–Trinajstić information content (AvgIpc) is 3.05. The summed E-state index contributed by atoms with van der Waals surface area (Å²) in [4.78, 5) is 24.7. The van der Waals surface area contributed by atoms with Gasteiger partial charge in [-0.2, -0.15) is 5.26 Å². The molecular formula is C19H14N2O3S.